The number of non-ortho nitro benzene ring substituents is 1. The Balaban J connectivity index is 0.00000363. The molecule has 2 aliphatic heterocycles. The number of ether oxygens (including phenoxy) is 2. The van der Waals surface area contributed by atoms with Gasteiger partial charge in [-0.1, -0.05) is 12.1 Å². The number of aliphatic imine (C=N–C) groups is 1. The largest absolute Gasteiger partial charge is 0.450 e. The van der Waals surface area contributed by atoms with Gasteiger partial charge in [-0.05, 0) is 31.7 Å². The molecule has 0 bridgehead atoms. The second-order valence-electron chi connectivity index (χ2n) is 7.80. The van der Waals surface area contributed by atoms with Crippen molar-refractivity contribution < 1.29 is 19.2 Å². The summed E-state index contributed by atoms with van der Waals surface area (Å²) in [5.74, 6) is 1.16. The molecule has 32 heavy (non-hydrogen) atoms. The van der Waals surface area contributed by atoms with E-state index in [2.05, 4.69) is 15.6 Å². The van der Waals surface area contributed by atoms with Gasteiger partial charge < -0.3 is 25.0 Å². The molecule has 1 atom stereocenters. The number of piperidine rings is 1. The normalized spacial score (nSPS) is 19.2. The first-order valence-corrected chi connectivity index (χ1v) is 10.8. The van der Waals surface area contributed by atoms with Crippen LogP contribution in [0.5, 0.6) is 0 Å². The predicted octanol–water partition coefficient (Wildman–Crippen LogP) is 2.91. The first-order valence-electron chi connectivity index (χ1n) is 10.8. The average Bonchev–Trinajstić information content (AvgIpc) is 3.30. The Hall–Kier alpha value is -2.15. The minimum absolute atomic E-state index is 0. The summed E-state index contributed by atoms with van der Waals surface area (Å²) in [4.78, 5) is 28.7. The third-order valence-corrected chi connectivity index (χ3v) is 5.51. The van der Waals surface area contributed by atoms with Gasteiger partial charge in [0.15, 0.2) is 5.96 Å². The van der Waals surface area contributed by atoms with Gasteiger partial charge in [-0.2, -0.15) is 0 Å². The van der Waals surface area contributed by atoms with Gasteiger partial charge in [0.05, 0.1) is 24.7 Å². The second-order valence-corrected chi connectivity index (χ2v) is 7.80. The van der Waals surface area contributed by atoms with Gasteiger partial charge in [-0.25, -0.2) is 9.79 Å². The molecule has 2 fully saturated rings. The van der Waals surface area contributed by atoms with E-state index in [9.17, 15) is 14.9 Å². The SMILES string of the molecule is CCOC(=O)N1CCC(NC(=NCc2ccc([N+](=O)[O-])cc2)NCC2CCOC2)CC1.I. The van der Waals surface area contributed by atoms with Gasteiger partial charge >= 0.3 is 6.09 Å². The van der Waals surface area contributed by atoms with Crippen LogP contribution in [0, 0.1) is 16.0 Å². The van der Waals surface area contributed by atoms with E-state index in [4.69, 9.17) is 9.47 Å². The van der Waals surface area contributed by atoms with Crippen molar-refractivity contribution in [3.05, 3.63) is 39.9 Å². The highest BCUT2D eigenvalue weighted by molar-refractivity contribution is 14.0. The number of benzene rings is 1. The number of nitrogens with zero attached hydrogens (tertiary/aromatic N) is 3. The summed E-state index contributed by atoms with van der Waals surface area (Å²) in [6, 6.07) is 6.64. The lowest BCUT2D eigenvalue weighted by atomic mass is 10.1. The molecule has 2 N–H and O–H groups in total. The Morgan fingerprint density at radius 1 is 1.28 bits per heavy atom. The number of hydrogen-bond donors (Lipinski definition) is 2. The number of hydrogen-bond acceptors (Lipinski definition) is 6. The van der Waals surface area contributed by atoms with Crippen molar-refractivity contribution >= 4 is 41.7 Å². The number of carbonyl (C=O) groups is 1. The van der Waals surface area contributed by atoms with E-state index in [1.54, 1.807) is 24.0 Å². The number of nitro groups is 1. The lowest BCUT2D eigenvalue weighted by Crippen LogP contribution is -2.50. The number of nitro benzene ring substituents is 1. The molecule has 3 rings (SSSR count). The highest BCUT2D eigenvalue weighted by Gasteiger charge is 2.24. The molecule has 0 aliphatic carbocycles. The zero-order valence-corrected chi connectivity index (χ0v) is 20.7. The Bertz CT molecular complexity index is 762. The molecule has 1 aromatic carbocycles. The molecule has 0 radical (unpaired) electrons. The van der Waals surface area contributed by atoms with Crippen LogP contribution in [0.3, 0.4) is 0 Å². The van der Waals surface area contributed by atoms with Crippen LogP contribution in [0.1, 0.15) is 31.7 Å². The maximum Gasteiger partial charge on any atom is 0.409 e. The van der Waals surface area contributed by atoms with Crippen LogP contribution < -0.4 is 10.6 Å². The Morgan fingerprint density at radius 2 is 2.00 bits per heavy atom. The van der Waals surface area contributed by atoms with Gasteiger partial charge in [0.1, 0.15) is 0 Å². The van der Waals surface area contributed by atoms with Crippen molar-refractivity contribution in [3.63, 3.8) is 0 Å². The molecule has 11 heteroatoms. The molecule has 2 heterocycles. The molecule has 0 spiro atoms. The summed E-state index contributed by atoms with van der Waals surface area (Å²) in [5, 5.41) is 17.7. The van der Waals surface area contributed by atoms with Crippen LogP contribution in [0.2, 0.25) is 0 Å². The average molecular weight is 561 g/mol. The number of likely N-dealkylation sites (tertiary alicyclic amines) is 1. The Morgan fingerprint density at radius 3 is 2.59 bits per heavy atom. The predicted molar refractivity (Wildman–Crippen MR) is 131 cm³/mol. The summed E-state index contributed by atoms with van der Waals surface area (Å²) < 4.78 is 10.5. The molecular weight excluding hydrogens is 529 g/mol. The number of rotatable bonds is 7. The van der Waals surface area contributed by atoms with E-state index in [-0.39, 0.29) is 41.8 Å². The first-order chi connectivity index (χ1) is 15.0. The number of amides is 1. The maximum atomic E-state index is 11.9. The van der Waals surface area contributed by atoms with E-state index in [1.807, 2.05) is 0 Å². The molecule has 0 saturated carbocycles. The van der Waals surface area contributed by atoms with Crippen LogP contribution in [-0.2, 0) is 16.0 Å². The van der Waals surface area contributed by atoms with E-state index in [1.165, 1.54) is 12.1 Å². The lowest BCUT2D eigenvalue weighted by Gasteiger charge is -2.32. The molecule has 10 nitrogen and oxygen atoms in total. The van der Waals surface area contributed by atoms with Crippen molar-refractivity contribution in [2.24, 2.45) is 10.9 Å². The van der Waals surface area contributed by atoms with Gasteiger partial charge in [-0.3, -0.25) is 10.1 Å². The number of halogens is 1. The van der Waals surface area contributed by atoms with Crippen molar-refractivity contribution in [2.45, 2.75) is 38.8 Å². The highest BCUT2D eigenvalue weighted by atomic mass is 127. The van der Waals surface area contributed by atoms with E-state index in [0.29, 0.717) is 38.1 Å². The summed E-state index contributed by atoms with van der Waals surface area (Å²) >= 11 is 0. The second kappa shape index (κ2) is 13.4. The standard InChI is InChI=1S/C21H31N5O5.HI/c1-2-31-21(27)25-10-7-18(8-11-25)24-20(23-14-17-9-12-30-15-17)22-13-16-3-5-19(6-4-16)26(28)29;/h3-6,17-18H,2,7-15H2,1H3,(H2,22,23,24);1H. The Kier molecular flexibility index (Phi) is 10.9. The van der Waals surface area contributed by atoms with Crippen molar-refractivity contribution in [1.82, 2.24) is 15.5 Å². The van der Waals surface area contributed by atoms with Crippen LogP contribution in [0.25, 0.3) is 0 Å². The highest BCUT2D eigenvalue weighted by Crippen LogP contribution is 2.14. The molecule has 2 aliphatic rings. The van der Waals surface area contributed by atoms with Gasteiger partial charge in [0, 0.05) is 50.3 Å². The lowest BCUT2D eigenvalue weighted by molar-refractivity contribution is -0.384. The van der Waals surface area contributed by atoms with Crippen LogP contribution in [-0.4, -0.2) is 67.4 Å². The summed E-state index contributed by atoms with van der Waals surface area (Å²) in [7, 11) is 0. The van der Waals surface area contributed by atoms with Gasteiger partial charge in [0.25, 0.3) is 5.69 Å². The minimum atomic E-state index is -0.409. The zero-order valence-electron chi connectivity index (χ0n) is 18.3. The monoisotopic (exact) mass is 561 g/mol. The van der Waals surface area contributed by atoms with E-state index in [0.717, 1.165) is 44.6 Å². The summed E-state index contributed by atoms with van der Waals surface area (Å²) in [6.07, 6.45) is 2.39. The number of carbonyl (C=O) groups excluding carboxylic acids is 1. The van der Waals surface area contributed by atoms with Crippen LogP contribution in [0.4, 0.5) is 10.5 Å². The maximum absolute atomic E-state index is 11.9. The molecule has 1 aromatic rings. The van der Waals surface area contributed by atoms with Crippen molar-refractivity contribution in [1.29, 1.82) is 0 Å². The van der Waals surface area contributed by atoms with Gasteiger partial charge in [-0.15, -0.1) is 24.0 Å². The molecule has 178 valence electrons. The van der Waals surface area contributed by atoms with Crippen LogP contribution in [0.15, 0.2) is 29.3 Å². The third-order valence-electron chi connectivity index (χ3n) is 5.51. The molecule has 1 unspecified atom stereocenters. The van der Waals surface area contributed by atoms with E-state index < -0.39 is 4.92 Å². The zero-order chi connectivity index (χ0) is 22.1. The molecular formula is C21H32IN5O5. The topological polar surface area (TPSA) is 118 Å². The quantitative estimate of drug-likeness (QED) is 0.173. The first kappa shape index (κ1) is 26.1. The molecule has 1 amide bonds. The summed E-state index contributed by atoms with van der Waals surface area (Å²) in [5.41, 5.74) is 0.965. The Labute approximate surface area is 205 Å². The van der Waals surface area contributed by atoms with Gasteiger partial charge in [0.2, 0.25) is 0 Å². The number of nitrogens with one attached hydrogen (secondary N) is 2. The molecule has 2 saturated heterocycles. The van der Waals surface area contributed by atoms with Crippen LogP contribution >= 0.6 is 24.0 Å². The van der Waals surface area contributed by atoms with E-state index >= 15 is 0 Å². The molecule has 0 aromatic heterocycles. The fourth-order valence-electron chi connectivity index (χ4n) is 3.65. The smallest absolute Gasteiger partial charge is 0.409 e. The van der Waals surface area contributed by atoms with Crippen molar-refractivity contribution in [3.8, 4) is 0 Å². The summed E-state index contributed by atoms with van der Waals surface area (Å²) in [6.45, 7) is 6.20. The fraction of sp³-hybridized carbons (Fsp3) is 0.619. The minimum Gasteiger partial charge on any atom is -0.450 e. The van der Waals surface area contributed by atoms with Crippen molar-refractivity contribution in [2.75, 3.05) is 39.5 Å². The third kappa shape index (κ3) is 8.08. The fourth-order valence-corrected chi connectivity index (χ4v) is 3.65. The number of guanidine groups is 1.